The van der Waals surface area contributed by atoms with Gasteiger partial charge in [-0.2, -0.15) is 0 Å². The number of esters is 4. The Balaban J connectivity index is 1.52. The largest absolute Gasteiger partial charge is 0.494 e. The minimum Gasteiger partial charge on any atom is -0.494 e. The van der Waals surface area contributed by atoms with E-state index in [0.717, 1.165) is 37.8 Å². The monoisotopic (exact) mass is 790 g/mol. The van der Waals surface area contributed by atoms with Gasteiger partial charge in [-0.15, -0.1) is 0 Å². The van der Waals surface area contributed by atoms with Crippen LogP contribution in [0.5, 0.6) is 46.0 Å². The molecule has 58 heavy (non-hydrogen) atoms. The second-order valence-electron chi connectivity index (χ2n) is 12.8. The van der Waals surface area contributed by atoms with Gasteiger partial charge >= 0.3 is 23.9 Å². The molecule has 0 aromatic heterocycles. The predicted molar refractivity (Wildman–Crippen MR) is 215 cm³/mol. The Kier molecular flexibility index (Phi) is 15.7. The molecule has 0 aliphatic carbocycles. The minimum absolute atomic E-state index is 0.148. The maximum absolute atomic E-state index is 13.5. The summed E-state index contributed by atoms with van der Waals surface area (Å²) in [6, 6.07) is 27.4. The highest BCUT2D eigenvalue weighted by atomic mass is 16.6. The molecule has 0 unspecified atom stereocenters. The van der Waals surface area contributed by atoms with Gasteiger partial charge in [0.05, 0.1) is 48.7 Å². The van der Waals surface area contributed by atoms with Crippen LogP contribution >= 0.6 is 0 Å². The van der Waals surface area contributed by atoms with E-state index in [1.165, 1.54) is 48.5 Å². The van der Waals surface area contributed by atoms with Gasteiger partial charge in [0, 0.05) is 12.1 Å². The highest BCUT2D eigenvalue weighted by Crippen LogP contribution is 2.41. The van der Waals surface area contributed by atoms with Gasteiger partial charge in [0.1, 0.15) is 23.0 Å². The molecular weight excluding hydrogens is 744 g/mol. The molecule has 0 radical (unpaired) electrons. The number of carbonyl (C=O) groups excluding carboxylic acids is 4. The smallest absolute Gasteiger partial charge is 0.343 e. The Morgan fingerprint density at radius 3 is 0.690 bits per heavy atom. The fourth-order valence-electron chi connectivity index (χ4n) is 5.11. The van der Waals surface area contributed by atoms with Gasteiger partial charge in [0.2, 0.25) is 0 Å². The molecule has 0 bridgehead atoms. The van der Waals surface area contributed by atoms with Crippen molar-refractivity contribution in [3.63, 3.8) is 0 Å². The first kappa shape index (κ1) is 42.3. The average Bonchev–Trinajstić information content (AvgIpc) is 3.25. The lowest BCUT2D eigenvalue weighted by atomic mass is 10.2. The fraction of sp³-hybridized carbons (Fsp3) is 0.261. The predicted octanol–water partition coefficient (Wildman–Crippen LogP) is 9.72. The first-order valence-electron chi connectivity index (χ1n) is 19.2. The van der Waals surface area contributed by atoms with Crippen LogP contribution < -0.4 is 37.9 Å². The first-order valence-corrected chi connectivity index (χ1v) is 19.2. The van der Waals surface area contributed by atoms with Gasteiger partial charge in [-0.05, 0) is 123 Å². The molecule has 12 heteroatoms. The number of hydrogen-bond acceptors (Lipinski definition) is 12. The van der Waals surface area contributed by atoms with Crippen LogP contribution in [0, 0.1) is 0 Å². The number of benzene rings is 5. The Hall–Kier alpha value is -6.82. The Morgan fingerprint density at radius 1 is 0.328 bits per heavy atom. The van der Waals surface area contributed by atoms with E-state index in [1.54, 1.807) is 48.5 Å². The number of carbonyl (C=O) groups is 4. The van der Waals surface area contributed by atoms with E-state index in [0.29, 0.717) is 49.4 Å². The third-order valence-electron chi connectivity index (χ3n) is 8.07. The molecule has 302 valence electrons. The molecule has 0 amide bonds. The summed E-state index contributed by atoms with van der Waals surface area (Å²) in [5.74, 6) is -2.30. The first-order chi connectivity index (χ1) is 28.2. The van der Waals surface area contributed by atoms with Gasteiger partial charge in [0.15, 0.2) is 23.0 Å². The summed E-state index contributed by atoms with van der Waals surface area (Å²) in [7, 11) is 0. The summed E-state index contributed by atoms with van der Waals surface area (Å²) in [5.41, 5.74) is 0.591. The van der Waals surface area contributed by atoms with Crippen LogP contribution in [-0.2, 0) is 0 Å². The quantitative estimate of drug-likeness (QED) is 0.0547. The van der Waals surface area contributed by atoms with E-state index >= 15 is 0 Å². The van der Waals surface area contributed by atoms with E-state index in [2.05, 4.69) is 0 Å². The Bertz CT molecular complexity index is 1820. The van der Waals surface area contributed by atoms with Crippen molar-refractivity contribution < 1.29 is 57.1 Å². The van der Waals surface area contributed by atoms with E-state index in [9.17, 15) is 19.2 Å². The van der Waals surface area contributed by atoms with Crippen LogP contribution in [0.2, 0.25) is 0 Å². The zero-order valence-electron chi connectivity index (χ0n) is 32.9. The van der Waals surface area contributed by atoms with Crippen molar-refractivity contribution in [3.05, 3.63) is 131 Å². The van der Waals surface area contributed by atoms with Crippen LogP contribution in [0.4, 0.5) is 0 Å². The van der Waals surface area contributed by atoms with E-state index in [1.807, 2.05) is 27.7 Å². The third-order valence-corrected chi connectivity index (χ3v) is 8.07. The molecule has 0 aliphatic rings. The summed E-state index contributed by atoms with van der Waals surface area (Å²) in [5, 5.41) is 0. The zero-order valence-corrected chi connectivity index (χ0v) is 32.9. The highest BCUT2D eigenvalue weighted by Gasteiger charge is 2.25. The maximum atomic E-state index is 13.5. The Labute approximate surface area is 337 Å². The lowest BCUT2D eigenvalue weighted by Gasteiger charge is -2.16. The van der Waals surface area contributed by atoms with Crippen LogP contribution in [0.25, 0.3) is 0 Å². The molecule has 5 aromatic rings. The van der Waals surface area contributed by atoms with Gasteiger partial charge < -0.3 is 37.9 Å². The molecule has 0 spiro atoms. The molecule has 0 saturated heterocycles. The molecule has 0 heterocycles. The van der Waals surface area contributed by atoms with Gasteiger partial charge in [0.25, 0.3) is 0 Å². The maximum Gasteiger partial charge on any atom is 0.343 e. The summed E-state index contributed by atoms with van der Waals surface area (Å²) in [6.07, 6.45) is 3.22. The lowest BCUT2D eigenvalue weighted by molar-refractivity contribution is 0.0662. The molecule has 12 nitrogen and oxygen atoms in total. The van der Waals surface area contributed by atoms with Crippen LogP contribution in [0.1, 0.15) is 94.8 Å². The van der Waals surface area contributed by atoms with Gasteiger partial charge in [-0.3, -0.25) is 0 Å². The lowest BCUT2D eigenvalue weighted by Crippen LogP contribution is -2.16. The molecule has 5 rings (SSSR count). The van der Waals surface area contributed by atoms with E-state index in [4.69, 9.17) is 37.9 Å². The molecular formula is C46H46O12. The topological polar surface area (TPSA) is 142 Å². The fourth-order valence-corrected chi connectivity index (χ4v) is 5.11. The summed E-state index contributed by atoms with van der Waals surface area (Å²) >= 11 is 0. The van der Waals surface area contributed by atoms with Crippen molar-refractivity contribution in [1.29, 1.82) is 0 Å². The van der Waals surface area contributed by atoms with Crippen molar-refractivity contribution in [2.75, 3.05) is 26.4 Å². The van der Waals surface area contributed by atoms with Crippen LogP contribution in [0.3, 0.4) is 0 Å². The standard InChI is InChI=1S/C46H46O12/c1-5-25-51-35-17-9-31(10-18-35)43(47)55-39-29-41(57-45(49)33-13-21-37(22-14-33)53-27-7-3)42(58-46(50)34-15-23-38(24-16-34)54-28-8-4)30-40(39)56-44(48)32-11-19-36(20-12-32)52-26-6-2/h9-24,29-30H,5-8,25-28H2,1-4H3. The number of hydrogen-bond donors (Lipinski definition) is 0. The third kappa shape index (κ3) is 12.1. The summed E-state index contributed by atoms with van der Waals surface area (Å²) in [4.78, 5) is 54.2. The van der Waals surface area contributed by atoms with Crippen molar-refractivity contribution in [1.82, 2.24) is 0 Å². The molecule has 0 fully saturated rings. The van der Waals surface area contributed by atoms with Crippen LogP contribution in [0.15, 0.2) is 109 Å². The van der Waals surface area contributed by atoms with Crippen molar-refractivity contribution in [2.45, 2.75) is 53.4 Å². The second kappa shape index (κ2) is 21.5. The van der Waals surface area contributed by atoms with Crippen molar-refractivity contribution in [2.24, 2.45) is 0 Å². The van der Waals surface area contributed by atoms with Crippen LogP contribution in [-0.4, -0.2) is 50.3 Å². The molecule has 5 aromatic carbocycles. The van der Waals surface area contributed by atoms with Gasteiger partial charge in [-0.1, -0.05) is 27.7 Å². The Morgan fingerprint density at radius 2 is 0.517 bits per heavy atom. The summed E-state index contributed by atoms with van der Waals surface area (Å²) < 4.78 is 45.7. The summed E-state index contributed by atoms with van der Waals surface area (Å²) in [6.45, 7) is 9.91. The highest BCUT2D eigenvalue weighted by molar-refractivity contribution is 5.96. The number of rotatable bonds is 20. The SMILES string of the molecule is CCCOc1ccc(C(=O)Oc2cc(OC(=O)c3ccc(OCCC)cc3)c(OC(=O)c3ccc(OCCC)cc3)cc2OC(=O)c2ccc(OCCC)cc2)cc1. The zero-order chi connectivity index (χ0) is 41.3. The van der Waals surface area contributed by atoms with Crippen molar-refractivity contribution in [3.8, 4) is 46.0 Å². The van der Waals surface area contributed by atoms with Crippen molar-refractivity contribution >= 4 is 23.9 Å². The number of ether oxygens (including phenoxy) is 8. The molecule has 0 N–H and O–H groups in total. The van der Waals surface area contributed by atoms with E-state index in [-0.39, 0.29) is 45.3 Å². The second-order valence-corrected chi connectivity index (χ2v) is 12.8. The molecule has 0 atom stereocenters. The minimum atomic E-state index is -0.827. The normalized spacial score (nSPS) is 10.6. The van der Waals surface area contributed by atoms with Gasteiger partial charge in [-0.25, -0.2) is 19.2 Å². The molecule has 0 saturated carbocycles. The van der Waals surface area contributed by atoms with E-state index < -0.39 is 23.9 Å². The molecule has 0 aliphatic heterocycles. The average molecular weight is 791 g/mol.